The fourth-order valence-electron chi connectivity index (χ4n) is 1.69. The lowest BCUT2D eigenvalue weighted by Gasteiger charge is -2.22. The van der Waals surface area contributed by atoms with E-state index in [1.165, 1.54) is 0 Å². The Morgan fingerprint density at radius 3 is 2.80 bits per heavy atom. The number of hydrogen-bond acceptors (Lipinski definition) is 6. The SMILES string of the molecule is Cc1cccc(C2=NNNN2COC(=O)C(C)(C)C)c1. The van der Waals surface area contributed by atoms with E-state index in [9.17, 15) is 4.79 Å². The van der Waals surface area contributed by atoms with E-state index in [0.717, 1.165) is 11.1 Å². The van der Waals surface area contributed by atoms with Crippen LogP contribution >= 0.6 is 0 Å². The van der Waals surface area contributed by atoms with Crippen LogP contribution in [0.5, 0.6) is 0 Å². The number of hydrogen-bond donors (Lipinski definition) is 2. The number of nitrogens with one attached hydrogen (secondary N) is 2. The van der Waals surface area contributed by atoms with Crippen LogP contribution in [0.1, 0.15) is 31.9 Å². The number of benzene rings is 1. The maximum absolute atomic E-state index is 11.8. The van der Waals surface area contributed by atoms with Crippen molar-refractivity contribution in [2.24, 2.45) is 10.5 Å². The molecule has 6 heteroatoms. The molecule has 0 radical (unpaired) electrons. The van der Waals surface area contributed by atoms with Gasteiger partial charge < -0.3 is 4.74 Å². The molecule has 1 aliphatic rings. The number of amidine groups is 1. The largest absolute Gasteiger partial charge is 0.442 e. The van der Waals surface area contributed by atoms with Gasteiger partial charge in [0.05, 0.1) is 5.41 Å². The lowest BCUT2D eigenvalue weighted by atomic mass is 9.98. The number of hydrazone groups is 1. The topological polar surface area (TPSA) is 66.0 Å². The van der Waals surface area contributed by atoms with E-state index in [1.807, 2.05) is 52.0 Å². The van der Waals surface area contributed by atoms with E-state index in [2.05, 4.69) is 16.2 Å². The average molecular weight is 276 g/mol. The predicted molar refractivity (Wildman–Crippen MR) is 76.2 cm³/mol. The van der Waals surface area contributed by atoms with Crippen LogP contribution in [0.2, 0.25) is 0 Å². The Kier molecular flexibility index (Phi) is 3.94. The van der Waals surface area contributed by atoms with Crippen molar-refractivity contribution < 1.29 is 9.53 Å². The van der Waals surface area contributed by atoms with Gasteiger partial charge in [0.15, 0.2) is 12.6 Å². The maximum atomic E-state index is 11.8. The van der Waals surface area contributed by atoms with Crippen LogP contribution in [0.25, 0.3) is 0 Å². The van der Waals surface area contributed by atoms with E-state index >= 15 is 0 Å². The third-order valence-corrected chi connectivity index (χ3v) is 2.82. The van der Waals surface area contributed by atoms with Gasteiger partial charge in [-0.15, -0.1) is 10.6 Å². The molecule has 2 N–H and O–H groups in total. The number of nitrogens with zero attached hydrogens (tertiary/aromatic N) is 2. The van der Waals surface area contributed by atoms with E-state index in [4.69, 9.17) is 4.74 Å². The summed E-state index contributed by atoms with van der Waals surface area (Å²) in [6.45, 7) is 7.57. The first-order chi connectivity index (χ1) is 9.38. The second-order valence-corrected chi connectivity index (χ2v) is 5.77. The van der Waals surface area contributed by atoms with Crippen molar-refractivity contribution >= 4 is 11.8 Å². The lowest BCUT2D eigenvalue weighted by Crippen LogP contribution is -2.44. The molecule has 0 fully saturated rings. The summed E-state index contributed by atoms with van der Waals surface area (Å²) < 4.78 is 5.28. The Balaban J connectivity index is 2.03. The van der Waals surface area contributed by atoms with Gasteiger partial charge in [-0.3, -0.25) is 4.79 Å². The summed E-state index contributed by atoms with van der Waals surface area (Å²) >= 11 is 0. The first kappa shape index (κ1) is 14.3. The third kappa shape index (κ3) is 3.27. The molecule has 6 nitrogen and oxygen atoms in total. The molecular formula is C14H20N4O2. The summed E-state index contributed by atoms with van der Waals surface area (Å²) in [5.41, 5.74) is 7.08. The number of carbonyl (C=O) groups excluding carboxylic acids is 1. The highest BCUT2D eigenvalue weighted by atomic mass is 16.5. The molecule has 0 aliphatic carbocycles. The zero-order valence-electron chi connectivity index (χ0n) is 12.2. The summed E-state index contributed by atoms with van der Waals surface area (Å²) in [4.78, 5) is 11.8. The molecule has 0 aromatic heterocycles. The number of ether oxygens (including phenoxy) is 1. The Bertz CT molecular complexity index is 534. The van der Waals surface area contributed by atoms with Gasteiger partial charge in [-0.05, 0) is 33.8 Å². The lowest BCUT2D eigenvalue weighted by molar-refractivity contribution is -0.157. The molecular weight excluding hydrogens is 256 g/mol. The van der Waals surface area contributed by atoms with Gasteiger partial charge in [0, 0.05) is 5.56 Å². The molecule has 0 saturated heterocycles. The van der Waals surface area contributed by atoms with Gasteiger partial charge in [-0.25, -0.2) is 10.5 Å². The van der Waals surface area contributed by atoms with Crippen LogP contribution < -0.4 is 11.1 Å². The van der Waals surface area contributed by atoms with Crippen molar-refractivity contribution in [2.45, 2.75) is 27.7 Å². The smallest absolute Gasteiger partial charge is 0.312 e. The Morgan fingerprint density at radius 1 is 1.40 bits per heavy atom. The highest BCUT2D eigenvalue weighted by molar-refractivity contribution is 5.99. The summed E-state index contributed by atoms with van der Waals surface area (Å²) in [5.74, 6) is 0.435. The minimum Gasteiger partial charge on any atom is -0.442 e. The van der Waals surface area contributed by atoms with Crippen LogP contribution in [-0.4, -0.2) is 23.5 Å². The van der Waals surface area contributed by atoms with Crippen molar-refractivity contribution in [1.82, 2.24) is 16.1 Å². The molecule has 0 unspecified atom stereocenters. The van der Waals surface area contributed by atoms with Crippen molar-refractivity contribution in [1.29, 1.82) is 0 Å². The molecule has 0 bridgehead atoms. The Hall–Kier alpha value is -2.08. The zero-order chi connectivity index (χ0) is 14.8. The molecule has 1 aromatic rings. The van der Waals surface area contributed by atoms with Gasteiger partial charge in [0.1, 0.15) is 0 Å². The van der Waals surface area contributed by atoms with Crippen molar-refractivity contribution in [3.63, 3.8) is 0 Å². The number of aryl methyl sites for hydroxylation is 1. The van der Waals surface area contributed by atoms with Crippen molar-refractivity contribution in [3.8, 4) is 0 Å². The summed E-state index contributed by atoms with van der Waals surface area (Å²) in [7, 11) is 0. The highest BCUT2D eigenvalue weighted by Gasteiger charge is 2.26. The van der Waals surface area contributed by atoms with Crippen molar-refractivity contribution in [3.05, 3.63) is 35.4 Å². The molecule has 0 amide bonds. The van der Waals surface area contributed by atoms with Gasteiger partial charge in [-0.2, -0.15) is 0 Å². The minimum atomic E-state index is -0.520. The monoisotopic (exact) mass is 276 g/mol. The molecule has 1 aromatic carbocycles. The Morgan fingerprint density at radius 2 is 2.15 bits per heavy atom. The average Bonchev–Trinajstić information content (AvgIpc) is 2.83. The maximum Gasteiger partial charge on any atom is 0.312 e. The summed E-state index contributed by atoms with van der Waals surface area (Å²) in [6, 6.07) is 7.96. The number of hydrazine groups is 2. The third-order valence-electron chi connectivity index (χ3n) is 2.82. The molecule has 0 saturated carbocycles. The summed E-state index contributed by atoms with van der Waals surface area (Å²) in [6.07, 6.45) is 0. The molecule has 0 atom stereocenters. The first-order valence-electron chi connectivity index (χ1n) is 6.48. The Labute approximate surface area is 118 Å². The number of esters is 1. The fraction of sp³-hybridized carbons (Fsp3) is 0.429. The van der Waals surface area contributed by atoms with E-state index < -0.39 is 5.41 Å². The normalized spacial score (nSPS) is 14.8. The fourth-order valence-corrected chi connectivity index (χ4v) is 1.69. The van der Waals surface area contributed by atoms with E-state index in [1.54, 1.807) is 5.01 Å². The molecule has 2 rings (SSSR count). The van der Waals surface area contributed by atoms with Crippen LogP contribution in [-0.2, 0) is 9.53 Å². The van der Waals surface area contributed by atoms with Gasteiger partial charge in [-0.1, -0.05) is 23.8 Å². The van der Waals surface area contributed by atoms with E-state index in [-0.39, 0.29) is 12.7 Å². The highest BCUT2D eigenvalue weighted by Crippen LogP contribution is 2.16. The molecule has 1 heterocycles. The summed E-state index contributed by atoms with van der Waals surface area (Å²) in [5, 5.41) is 5.81. The van der Waals surface area contributed by atoms with Gasteiger partial charge in [0.25, 0.3) is 0 Å². The van der Waals surface area contributed by atoms with E-state index in [0.29, 0.717) is 5.84 Å². The van der Waals surface area contributed by atoms with Crippen LogP contribution in [0.15, 0.2) is 29.4 Å². The predicted octanol–water partition coefficient (Wildman–Crippen LogP) is 1.53. The quantitative estimate of drug-likeness (QED) is 0.820. The van der Waals surface area contributed by atoms with Gasteiger partial charge >= 0.3 is 5.97 Å². The van der Waals surface area contributed by atoms with Gasteiger partial charge in [0.2, 0.25) is 0 Å². The number of rotatable bonds is 3. The molecule has 1 aliphatic heterocycles. The minimum absolute atomic E-state index is 0.0931. The number of carbonyl (C=O) groups is 1. The van der Waals surface area contributed by atoms with Crippen LogP contribution in [0.4, 0.5) is 0 Å². The molecule has 0 spiro atoms. The molecule has 20 heavy (non-hydrogen) atoms. The zero-order valence-corrected chi connectivity index (χ0v) is 12.2. The second kappa shape index (κ2) is 5.50. The van der Waals surface area contributed by atoms with Crippen LogP contribution in [0.3, 0.4) is 0 Å². The first-order valence-corrected chi connectivity index (χ1v) is 6.48. The van der Waals surface area contributed by atoms with Crippen LogP contribution in [0, 0.1) is 12.3 Å². The van der Waals surface area contributed by atoms with Crippen molar-refractivity contribution in [2.75, 3.05) is 6.73 Å². The standard InChI is InChI=1S/C14H20N4O2/c1-10-6-5-7-11(8-10)12-15-16-17-18(12)9-20-13(19)14(2,3)4/h5-8,16-17H,9H2,1-4H3. The second-order valence-electron chi connectivity index (χ2n) is 5.77. The molecule has 108 valence electrons.